The maximum atomic E-state index is 12.1. The van der Waals surface area contributed by atoms with Gasteiger partial charge < -0.3 is 11.1 Å². The number of nitrogens with two attached hydrogens (primary N) is 1. The molecule has 5 nitrogen and oxygen atoms in total. The molecule has 21 heavy (non-hydrogen) atoms. The van der Waals surface area contributed by atoms with Gasteiger partial charge in [-0.05, 0) is 37.1 Å². The molecule has 0 spiro atoms. The van der Waals surface area contributed by atoms with Crippen molar-refractivity contribution in [1.82, 2.24) is 5.32 Å². The summed E-state index contributed by atoms with van der Waals surface area (Å²) in [7, 11) is -3.24. The Balaban J connectivity index is 1.97. The Morgan fingerprint density at radius 2 is 1.76 bits per heavy atom. The van der Waals surface area contributed by atoms with Crippen molar-refractivity contribution < 1.29 is 13.2 Å². The molecule has 3 N–H and O–H groups in total. The number of amides is 1. The topological polar surface area (TPSA) is 89.3 Å². The number of carbonyl (C=O) groups excluding carboxylic acids is 1. The second-order valence-corrected chi connectivity index (χ2v) is 7.92. The van der Waals surface area contributed by atoms with E-state index in [1.807, 2.05) is 0 Å². The molecule has 0 unspecified atom stereocenters. The van der Waals surface area contributed by atoms with Gasteiger partial charge in [-0.2, -0.15) is 0 Å². The van der Waals surface area contributed by atoms with Crippen LogP contribution in [0.3, 0.4) is 0 Å². The molecule has 1 fully saturated rings. The van der Waals surface area contributed by atoms with E-state index < -0.39 is 9.84 Å². The Bertz CT molecular complexity index is 602. The molecule has 0 heterocycles. The maximum Gasteiger partial charge on any atom is 0.251 e. The van der Waals surface area contributed by atoms with E-state index in [1.165, 1.54) is 30.7 Å². The molecule has 0 saturated heterocycles. The molecular weight excluding hydrogens is 288 g/mol. The maximum absolute atomic E-state index is 12.1. The van der Waals surface area contributed by atoms with Crippen LogP contribution in [-0.4, -0.2) is 32.7 Å². The molecule has 116 valence electrons. The van der Waals surface area contributed by atoms with Crippen LogP contribution in [0.2, 0.25) is 0 Å². The smallest absolute Gasteiger partial charge is 0.251 e. The Labute approximate surface area is 125 Å². The predicted molar refractivity (Wildman–Crippen MR) is 81.9 cm³/mol. The molecule has 0 bridgehead atoms. The van der Waals surface area contributed by atoms with Crippen molar-refractivity contribution in [1.29, 1.82) is 0 Å². The summed E-state index contributed by atoms with van der Waals surface area (Å²) in [5, 5.41) is 2.85. The molecular formula is C15H22N2O3S. The van der Waals surface area contributed by atoms with Gasteiger partial charge in [0, 0.05) is 23.9 Å². The highest BCUT2D eigenvalue weighted by Gasteiger charge is 2.27. The molecule has 0 aliphatic heterocycles. The molecule has 1 aromatic carbocycles. The molecule has 1 saturated carbocycles. The van der Waals surface area contributed by atoms with E-state index in [9.17, 15) is 13.2 Å². The van der Waals surface area contributed by atoms with Crippen molar-refractivity contribution in [3.63, 3.8) is 0 Å². The van der Waals surface area contributed by atoms with Gasteiger partial charge in [-0.25, -0.2) is 8.42 Å². The standard InChI is InChI=1S/C15H22N2O3S/c1-21(19,20)13-7-5-12(6-8-13)14(18)17-11-15(16)9-3-2-4-10-15/h5-8H,2-4,9-11,16H2,1H3,(H,17,18). The van der Waals surface area contributed by atoms with Gasteiger partial charge in [-0.15, -0.1) is 0 Å². The van der Waals surface area contributed by atoms with E-state index in [0.29, 0.717) is 12.1 Å². The van der Waals surface area contributed by atoms with Crippen molar-refractivity contribution in [2.45, 2.75) is 42.5 Å². The Hall–Kier alpha value is -1.40. The van der Waals surface area contributed by atoms with Gasteiger partial charge in [-0.1, -0.05) is 19.3 Å². The number of rotatable bonds is 4. The first-order valence-corrected chi connectivity index (χ1v) is 9.07. The largest absolute Gasteiger partial charge is 0.350 e. The first kappa shape index (κ1) is 16.0. The number of hydrogen-bond acceptors (Lipinski definition) is 4. The zero-order valence-electron chi connectivity index (χ0n) is 12.3. The summed E-state index contributed by atoms with van der Waals surface area (Å²) < 4.78 is 22.7. The van der Waals surface area contributed by atoms with Gasteiger partial charge in [0.05, 0.1) is 4.90 Å². The first-order chi connectivity index (χ1) is 9.80. The fourth-order valence-corrected chi connectivity index (χ4v) is 3.28. The van der Waals surface area contributed by atoms with Gasteiger partial charge >= 0.3 is 0 Å². The lowest BCUT2D eigenvalue weighted by Crippen LogP contribution is -2.51. The van der Waals surface area contributed by atoms with E-state index in [-0.39, 0.29) is 16.3 Å². The molecule has 0 atom stereocenters. The third-order valence-corrected chi connectivity index (χ3v) is 5.12. The second-order valence-electron chi connectivity index (χ2n) is 5.90. The fourth-order valence-electron chi connectivity index (χ4n) is 2.64. The number of sulfone groups is 1. The predicted octanol–water partition coefficient (Wildman–Crippen LogP) is 1.48. The SMILES string of the molecule is CS(=O)(=O)c1ccc(C(=O)NCC2(N)CCCCC2)cc1. The molecule has 1 aromatic rings. The summed E-state index contributed by atoms with van der Waals surface area (Å²) in [6, 6.07) is 5.94. The average molecular weight is 310 g/mol. The summed E-state index contributed by atoms with van der Waals surface area (Å²) in [6.07, 6.45) is 6.43. The minimum atomic E-state index is -3.24. The Morgan fingerprint density at radius 3 is 2.29 bits per heavy atom. The quantitative estimate of drug-likeness (QED) is 0.881. The molecule has 0 radical (unpaired) electrons. The minimum Gasteiger partial charge on any atom is -0.350 e. The van der Waals surface area contributed by atoms with E-state index >= 15 is 0 Å². The van der Waals surface area contributed by atoms with Crippen molar-refractivity contribution in [3.8, 4) is 0 Å². The molecule has 1 amide bonds. The molecule has 1 aliphatic carbocycles. The molecule has 0 aromatic heterocycles. The van der Waals surface area contributed by atoms with Gasteiger partial charge in [-0.3, -0.25) is 4.79 Å². The van der Waals surface area contributed by atoms with Crippen molar-refractivity contribution in [2.75, 3.05) is 12.8 Å². The minimum absolute atomic E-state index is 0.210. The highest BCUT2D eigenvalue weighted by Crippen LogP contribution is 2.25. The summed E-state index contributed by atoms with van der Waals surface area (Å²) >= 11 is 0. The lowest BCUT2D eigenvalue weighted by Gasteiger charge is -2.33. The summed E-state index contributed by atoms with van der Waals surface area (Å²) in [5.41, 5.74) is 6.41. The zero-order chi connectivity index (χ0) is 15.5. The van der Waals surface area contributed by atoms with Crippen LogP contribution in [0.1, 0.15) is 42.5 Å². The zero-order valence-corrected chi connectivity index (χ0v) is 13.1. The lowest BCUT2D eigenvalue weighted by molar-refractivity contribution is 0.0937. The van der Waals surface area contributed by atoms with E-state index in [0.717, 1.165) is 31.9 Å². The lowest BCUT2D eigenvalue weighted by atomic mass is 9.82. The number of carbonyl (C=O) groups is 1. The van der Waals surface area contributed by atoms with Crippen molar-refractivity contribution in [3.05, 3.63) is 29.8 Å². The summed E-state index contributed by atoms with van der Waals surface area (Å²) in [6.45, 7) is 0.458. The van der Waals surface area contributed by atoms with Crippen LogP contribution in [0.4, 0.5) is 0 Å². The van der Waals surface area contributed by atoms with Crippen LogP contribution in [0, 0.1) is 0 Å². The van der Waals surface area contributed by atoms with E-state index in [4.69, 9.17) is 5.73 Å². The molecule has 1 aliphatic rings. The van der Waals surface area contributed by atoms with Crippen LogP contribution >= 0.6 is 0 Å². The first-order valence-electron chi connectivity index (χ1n) is 7.17. The third kappa shape index (κ3) is 4.28. The van der Waals surface area contributed by atoms with Crippen LogP contribution in [0.15, 0.2) is 29.2 Å². The Kier molecular flexibility index (Phi) is 4.68. The third-order valence-electron chi connectivity index (χ3n) is 4.00. The number of benzene rings is 1. The summed E-state index contributed by atoms with van der Waals surface area (Å²) in [4.78, 5) is 12.3. The van der Waals surface area contributed by atoms with Crippen molar-refractivity contribution in [2.24, 2.45) is 5.73 Å². The Morgan fingerprint density at radius 1 is 1.19 bits per heavy atom. The van der Waals surface area contributed by atoms with Gasteiger partial charge in [0.25, 0.3) is 5.91 Å². The van der Waals surface area contributed by atoms with Gasteiger partial charge in [0.2, 0.25) is 0 Å². The average Bonchev–Trinajstić information content (AvgIpc) is 2.45. The number of hydrogen-bond donors (Lipinski definition) is 2. The fraction of sp³-hybridized carbons (Fsp3) is 0.533. The monoisotopic (exact) mass is 310 g/mol. The highest BCUT2D eigenvalue weighted by molar-refractivity contribution is 7.90. The van der Waals surface area contributed by atoms with Gasteiger partial charge in [0.15, 0.2) is 9.84 Å². The van der Waals surface area contributed by atoms with Gasteiger partial charge in [0.1, 0.15) is 0 Å². The van der Waals surface area contributed by atoms with Crippen molar-refractivity contribution >= 4 is 15.7 Å². The van der Waals surface area contributed by atoms with Crippen LogP contribution in [-0.2, 0) is 9.84 Å². The second kappa shape index (κ2) is 6.15. The normalized spacial score (nSPS) is 18.2. The van der Waals surface area contributed by atoms with E-state index in [2.05, 4.69) is 5.32 Å². The van der Waals surface area contributed by atoms with Crippen LogP contribution < -0.4 is 11.1 Å². The van der Waals surface area contributed by atoms with Crippen LogP contribution in [0.25, 0.3) is 0 Å². The summed E-state index contributed by atoms with van der Waals surface area (Å²) in [5.74, 6) is -0.217. The molecule has 6 heteroatoms. The van der Waals surface area contributed by atoms with E-state index in [1.54, 1.807) is 0 Å². The van der Waals surface area contributed by atoms with Crippen LogP contribution in [0.5, 0.6) is 0 Å². The molecule has 2 rings (SSSR count). The number of nitrogens with one attached hydrogen (secondary N) is 1. The highest BCUT2D eigenvalue weighted by atomic mass is 32.2.